The van der Waals surface area contributed by atoms with Crippen LogP contribution in [0.3, 0.4) is 0 Å². The zero-order chi connectivity index (χ0) is 17.3. The number of hydrogen-bond acceptors (Lipinski definition) is 4. The Morgan fingerprint density at radius 2 is 1.61 bits per heavy atom. The van der Waals surface area contributed by atoms with Crippen molar-refractivity contribution in [1.29, 1.82) is 0 Å². The predicted molar refractivity (Wildman–Crippen MR) is 92.9 cm³/mol. The van der Waals surface area contributed by atoms with Gasteiger partial charge in [0.15, 0.2) is 0 Å². The van der Waals surface area contributed by atoms with E-state index >= 15 is 0 Å². The van der Waals surface area contributed by atoms with Gasteiger partial charge in [0.05, 0.1) is 13.2 Å². The molecule has 0 amide bonds. The first-order valence-electron chi connectivity index (χ1n) is 8.19. The van der Waals surface area contributed by atoms with Crippen LogP contribution in [0.1, 0.15) is 52.0 Å². The van der Waals surface area contributed by atoms with Crippen LogP contribution in [0.2, 0.25) is 0 Å². The molecule has 0 unspecified atom stereocenters. The van der Waals surface area contributed by atoms with Gasteiger partial charge in [-0.05, 0) is 31.9 Å². The lowest BCUT2D eigenvalue weighted by molar-refractivity contribution is -0.143. The van der Waals surface area contributed by atoms with E-state index in [1.807, 2.05) is 37.3 Å². The second-order valence-electron chi connectivity index (χ2n) is 4.76. The van der Waals surface area contributed by atoms with E-state index in [2.05, 4.69) is 6.92 Å². The fourth-order valence-corrected chi connectivity index (χ4v) is 1.67. The topological polar surface area (TPSA) is 52.6 Å². The molecule has 1 rings (SSSR count). The van der Waals surface area contributed by atoms with Crippen molar-refractivity contribution >= 4 is 18.0 Å². The Hall–Kier alpha value is -2.10. The number of carbonyl (C=O) groups excluding carboxylic acids is 2. The van der Waals surface area contributed by atoms with Crippen LogP contribution in [0, 0.1) is 0 Å². The number of rotatable bonds is 8. The lowest BCUT2D eigenvalue weighted by Gasteiger charge is -1.99. The molecule has 0 aliphatic heterocycles. The Kier molecular flexibility index (Phi) is 13.5. The van der Waals surface area contributed by atoms with E-state index in [9.17, 15) is 9.59 Å². The van der Waals surface area contributed by atoms with Crippen LogP contribution in [-0.2, 0) is 19.1 Å². The first kappa shape index (κ1) is 20.9. The fraction of sp³-hybridized carbons (Fsp3) is 0.474. The smallest absolute Gasteiger partial charge is 0.330 e. The van der Waals surface area contributed by atoms with Crippen molar-refractivity contribution in [2.75, 3.05) is 13.2 Å². The molecule has 0 aromatic heterocycles. The minimum Gasteiger partial charge on any atom is -0.466 e. The Morgan fingerprint density at radius 3 is 2.17 bits per heavy atom. The van der Waals surface area contributed by atoms with Crippen molar-refractivity contribution in [1.82, 2.24) is 0 Å². The minimum absolute atomic E-state index is 0.0593. The maximum atomic E-state index is 10.9. The molecule has 0 heterocycles. The van der Waals surface area contributed by atoms with Gasteiger partial charge in [0.25, 0.3) is 0 Å². The molecule has 128 valence electrons. The first-order valence-corrected chi connectivity index (χ1v) is 8.19. The predicted octanol–water partition coefficient (Wildman–Crippen LogP) is 4.39. The molecule has 4 heteroatoms. The van der Waals surface area contributed by atoms with Crippen molar-refractivity contribution in [2.24, 2.45) is 0 Å². The molecule has 0 bridgehead atoms. The second-order valence-corrected chi connectivity index (χ2v) is 4.76. The second kappa shape index (κ2) is 14.8. The van der Waals surface area contributed by atoms with Crippen LogP contribution in [0.5, 0.6) is 0 Å². The molecule has 1 aromatic carbocycles. The average molecular weight is 320 g/mol. The number of esters is 2. The monoisotopic (exact) mass is 320 g/mol. The van der Waals surface area contributed by atoms with Gasteiger partial charge in [-0.3, -0.25) is 4.79 Å². The van der Waals surface area contributed by atoms with Crippen LogP contribution in [-0.4, -0.2) is 25.2 Å². The largest absolute Gasteiger partial charge is 0.466 e. The van der Waals surface area contributed by atoms with Crippen LogP contribution in [0.15, 0.2) is 36.4 Å². The molecule has 0 atom stereocenters. The van der Waals surface area contributed by atoms with Crippen molar-refractivity contribution in [3.05, 3.63) is 42.0 Å². The Morgan fingerprint density at radius 1 is 0.957 bits per heavy atom. The molecule has 23 heavy (non-hydrogen) atoms. The SMILES string of the molecule is CCCCCC(=O)OCC.CCOC(=O)C=Cc1ccccc1. The van der Waals surface area contributed by atoms with E-state index in [4.69, 9.17) is 9.47 Å². The Labute approximate surface area is 139 Å². The molecule has 0 radical (unpaired) electrons. The van der Waals surface area contributed by atoms with Gasteiger partial charge in [0, 0.05) is 12.5 Å². The van der Waals surface area contributed by atoms with Gasteiger partial charge in [-0.2, -0.15) is 0 Å². The molecule has 0 N–H and O–H groups in total. The summed E-state index contributed by atoms with van der Waals surface area (Å²) in [5, 5.41) is 0. The zero-order valence-electron chi connectivity index (χ0n) is 14.4. The van der Waals surface area contributed by atoms with Crippen molar-refractivity contribution in [3.63, 3.8) is 0 Å². The van der Waals surface area contributed by atoms with Gasteiger partial charge in [0.2, 0.25) is 0 Å². The summed E-state index contributed by atoms with van der Waals surface area (Å²) in [5.41, 5.74) is 0.996. The van der Waals surface area contributed by atoms with E-state index in [0.29, 0.717) is 19.6 Å². The van der Waals surface area contributed by atoms with Gasteiger partial charge >= 0.3 is 11.9 Å². The zero-order valence-corrected chi connectivity index (χ0v) is 14.4. The molecule has 4 nitrogen and oxygen atoms in total. The summed E-state index contributed by atoms with van der Waals surface area (Å²) in [6.45, 7) is 6.65. The van der Waals surface area contributed by atoms with Gasteiger partial charge in [-0.25, -0.2) is 4.79 Å². The van der Waals surface area contributed by atoms with E-state index in [1.54, 1.807) is 13.0 Å². The quantitative estimate of drug-likeness (QED) is 0.405. The van der Waals surface area contributed by atoms with Crippen LogP contribution in [0.25, 0.3) is 6.08 Å². The summed E-state index contributed by atoms with van der Waals surface area (Å²) in [7, 11) is 0. The normalized spacial score (nSPS) is 9.87. The standard InChI is InChI=1S/C11H12O2.C8H16O2/c1-2-13-11(12)9-8-10-6-4-3-5-7-10;1-3-5-6-7-8(9)10-4-2/h3-9H,2H2,1H3;3-7H2,1-2H3. The lowest BCUT2D eigenvalue weighted by atomic mass is 10.2. The average Bonchev–Trinajstić information content (AvgIpc) is 2.55. The number of unbranched alkanes of at least 4 members (excludes halogenated alkanes) is 2. The Balaban J connectivity index is 0.000000438. The highest BCUT2D eigenvalue weighted by Gasteiger charge is 1.98. The molecule has 1 aromatic rings. The third-order valence-electron chi connectivity index (χ3n) is 2.79. The van der Waals surface area contributed by atoms with Gasteiger partial charge in [0.1, 0.15) is 0 Å². The number of ether oxygens (including phenoxy) is 2. The number of hydrogen-bond donors (Lipinski definition) is 0. The third kappa shape index (κ3) is 13.3. The van der Waals surface area contributed by atoms with Gasteiger partial charge in [-0.15, -0.1) is 0 Å². The molecule has 0 spiro atoms. The summed E-state index contributed by atoms with van der Waals surface area (Å²) < 4.78 is 9.49. The summed E-state index contributed by atoms with van der Waals surface area (Å²) in [5.74, 6) is -0.359. The van der Waals surface area contributed by atoms with E-state index in [0.717, 1.165) is 24.8 Å². The maximum Gasteiger partial charge on any atom is 0.330 e. The molecule has 0 aliphatic carbocycles. The molecule has 0 saturated heterocycles. The van der Waals surface area contributed by atoms with E-state index < -0.39 is 0 Å². The van der Waals surface area contributed by atoms with Crippen LogP contribution < -0.4 is 0 Å². The highest BCUT2D eigenvalue weighted by atomic mass is 16.5. The summed E-state index contributed by atoms with van der Waals surface area (Å²) in [6, 6.07) is 9.63. The van der Waals surface area contributed by atoms with Crippen molar-refractivity contribution in [2.45, 2.75) is 46.5 Å². The molecule has 0 aliphatic rings. The van der Waals surface area contributed by atoms with Crippen molar-refractivity contribution in [3.8, 4) is 0 Å². The van der Waals surface area contributed by atoms with Crippen LogP contribution >= 0.6 is 0 Å². The maximum absolute atomic E-state index is 10.9. The summed E-state index contributed by atoms with van der Waals surface area (Å²) in [6.07, 6.45) is 6.99. The molecular weight excluding hydrogens is 292 g/mol. The first-order chi connectivity index (χ1) is 11.1. The molecule has 0 fully saturated rings. The van der Waals surface area contributed by atoms with E-state index in [1.165, 1.54) is 6.08 Å². The van der Waals surface area contributed by atoms with Crippen LogP contribution in [0.4, 0.5) is 0 Å². The highest BCUT2D eigenvalue weighted by molar-refractivity contribution is 5.86. The van der Waals surface area contributed by atoms with Crippen molar-refractivity contribution < 1.29 is 19.1 Å². The van der Waals surface area contributed by atoms with E-state index in [-0.39, 0.29) is 11.9 Å². The molecule has 0 saturated carbocycles. The number of benzene rings is 1. The minimum atomic E-state index is -0.300. The Bertz CT molecular complexity index is 452. The fourth-order valence-electron chi connectivity index (χ4n) is 1.67. The lowest BCUT2D eigenvalue weighted by Crippen LogP contribution is -2.02. The third-order valence-corrected chi connectivity index (χ3v) is 2.79. The highest BCUT2D eigenvalue weighted by Crippen LogP contribution is 2.01. The summed E-state index contributed by atoms with van der Waals surface area (Å²) in [4.78, 5) is 21.6. The van der Waals surface area contributed by atoms with Gasteiger partial charge < -0.3 is 9.47 Å². The summed E-state index contributed by atoms with van der Waals surface area (Å²) >= 11 is 0. The van der Waals surface area contributed by atoms with Gasteiger partial charge in [-0.1, -0.05) is 50.1 Å². The number of carbonyl (C=O) groups is 2. The molecular formula is C19H28O4.